The van der Waals surface area contributed by atoms with Crippen molar-refractivity contribution in [3.8, 4) is 0 Å². The van der Waals surface area contributed by atoms with Crippen LogP contribution in [0, 0.1) is 12.7 Å². The van der Waals surface area contributed by atoms with E-state index < -0.39 is 11.4 Å². The Balaban J connectivity index is 2.37. The highest BCUT2D eigenvalue weighted by molar-refractivity contribution is 5.81. The highest BCUT2D eigenvalue weighted by Crippen LogP contribution is 2.29. The van der Waals surface area contributed by atoms with E-state index in [4.69, 9.17) is 0 Å². The summed E-state index contributed by atoms with van der Waals surface area (Å²) in [5, 5.41) is 9.58. The lowest BCUT2D eigenvalue weighted by Crippen LogP contribution is -2.34. The molecule has 3 heteroatoms. The summed E-state index contributed by atoms with van der Waals surface area (Å²) in [5.74, 6) is -1.28. The topological polar surface area (TPSA) is 37.3 Å². The standard InChI is InChI=1S/C17H17FO2/c1-12-3-5-13(6-4-12)11-17(2,16(19)20)14-7-9-15(18)10-8-14/h3-10H,11H2,1-2H3,(H,19,20). The zero-order valence-electron chi connectivity index (χ0n) is 11.6. The van der Waals surface area contributed by atoms with Gasteiger partial charge < -0.3 is 5.11 Å². The van der Waals surface area contributed by atoms with Gasteiger partial charge in [-0.3, -0.25) is 4.79 Å². The second kappa shape index (κ2) is 5.45. The number of carboxylic acid groups (broad SMARTS) is 1. The van der Waals surface area contributed by atoms with Crippen molar-refractivity contribution in [1.82, 2.24) is 0 Å². The molecule has 0 fully saturated rings. The van der Waals surface area contributed by atoms with Gasteiger partial charge in [-0.2, -0.15) is 0 Å². The zero-order valence-corrected chi connectivity index (χ0v) is 11.6. The lowest BCUT2D eigenvalue weighted by atomic mass is 9.77. The molecular formula is C17H17FO2. The second-order valence-electron chi connectivity index (χ2n) is 5.31. The molecular weight excluding hydrogens is 255 g/mol. The van der Waals surface area contributed by atoms with Crippen LogP contribution >= 0.6 is 0 Å². The SMILES string of the molecule is Cc1ccc(CC(C)(C(=O)O)c2ccc(F)cc2)cc1. The molecule has 20 heavy (non-hydrogen) atoms. The minimum absolute atomic E-state index is 0.364. The third-order valence-corrected chi connectivity index (χ3v) is 3.63. The summed E-state index contributed by atoms with van der Waals surface area (Å²) in [6.45, 7) is 3.66. The van der Waals surface area contributed by atoms with E-state index in [9.17, 15) is 14.3 Å². The summed E-state index contributed by atoms with van der Waals surface area (Å²) in [4.78, 5) is 11.7. The maximum absolute atomic E-state index is 13.0. The van der Waals surface area contributed by atoms with Crippen LogP contribution in [0.1, 0.15) is 23.6 Å². The quantitative estimate of drug-likeness (QED) is 0.921. The molecule has 0 heterocycles. The smallest absolute Gasteiger partial charge is 0.314 e. The Kier molecular flexibility index (Phi) is 3.89. The van der Waals surface area contributed by atoms with Gasteiger partial charge in [0.1, 0.15) is 5.82 Å². The molecule has 0 aliphatic rings. The van der Waals surface area contributed by atoms with Crippen LogP contribution in [-0.2, 0) is 16.6 Å². The molecule has 0 saturated carbocycles. The summed E-state index contributed by atoms with van der Waals surface area (Å²) in [6.07, 6.45) is 0.369. The highest BCUT2D eigenvalue weighted by Gasteiger charge is 2.35. The fourth-order valence-corrected chi connectivity index (χ4v) is 2.23. The zero-order chi connectivity index (χ0) is 14.8. The van der Waals surface area contributed by atoms with Crippen molar-refractivity contribution >= 4 is 5.97 Å². The minimum Gasteiger partial charge on any atom is -0.481 e. The Morgan fingerprint density at radius 3 is 2.15 bits per heavy atom. The molecule has 2 aromatic rings. The molecule has 2 nitrogen and oxygen atoms in total. The summed E-state index contributed by atoms with van der Waals surface area (Å²) in [5.41, 5.74) is 1.62. The van der Waals surface area contributed by atoms with Crippen LogP contribution in [0.3, 0.4) is 0 Å². The van der Waals surface area contributed by atoms with Crippen LogP contribution < -0.4 is 0 Å². The Morgan fingerprint density at radius 2 is 1.65 bits per heavy atom. The molecule has 104 valence electrons. The van der Waals surface area contributed by atoms with Gasteiger partial charge in [0.05, 0.1) is 5.41 Å². The van der Waals surface area contributed by atoms with Crippen LogP contribution in [0.25, 0.3) is 0 Å². The van der Waals surface area contributed by atoms with Crippen molar-refractivity contribution in [1.29, 1.82) is 0 Å². The summed E-state index contributed by atoms with van der Waals surface area (Å²) >= 11 is 0. The average molecular weight is 272 g/mol. The van der Waals surface area contributed by atoms with E-state index >= 15 is 0 Å². The fourth-order valence-electron chi connectivity index (χ4n) is 2.23. The van der Waals surface area contributed by atoms with E-state index in [1.54, 1.807) is 6.92 Å². The highest BCUT2D eigenvalue weighted by atomic mass is 19.1. The number of benzene rings is 2. The molecule has 0 bridgehead atoms. The maximum Gasteiger partial charge on any atom is 0.314 e. The Labute approximate surface area is 117 Å². The lowest BCUT2D eigenvalue weighted by Gasteiger charge is -2.25. The van der Waals surface area contributed by atoms with Crippen LogP contribution in [-0.4, -0.2) is 11.1 Å². The summed E-state index contributed by atoms with van der Waals surface area (Å²) in [7, 11) is 0. The third-order valence-electron chi connectivity index (χ3n) is 3.63. The van der Waals surface area contributed by atoms with E-state index in [-0.39, 0.29) is 5.82 Å². The van der Waals surface area contributed by atoms with E-state index in [1.165, 1.54) is 24.3 Å². The van der Waals surface area contributed by atoms with Crippen molar-refractivity contribution < 1.29 is 14.3 Å². The molecule has 0 aromatic heterocycles. The van der Waals surface area contributed by atoms with E-state index in [0.717, 1.165) is 11.1 Å². The van der Waals surface area contributed by atoms with Gasteiger partial charge in [-0.15, -0.1) is 0 Å². The molecule has 0 radical (unpaired) electrons. The average Bonchev–Trinajstić information content (AvgIpc) is 2.42. The Morgan fingerprint density at radius 1 is 1.10 bits per heavy atom. The molecule has 1 N–H and O–H groups in total. The Bertz CT molecular complexity index is 602. The van der Waals surface area contributed by atoms with Crippen LogP contribution in [0.15, 0.2) is 48.5 Å². The molecule has 0 amide bonds. The van der Waals surface area contributed by atoms with Crippen LogP contribution in [0.5, 0.6) is 0 Å². The molecule has 1 unspecified atom stereocenters. The predicted molar refractivity (Wildman–Crippen MR) is 76.3 cm³/mol. The van der Waals surface area contributed by atoms with Crippen LogP contribution in [0.4, 0.5) is 4.39 Å². The number of carboxylic acids is 1. The van der Waals surface area contributed by atoms with E-state index in [0.29, 0.717) is 12.0 Å². The van der Waals surface area contributed by atoms with Gasteiger partial charge in [-0.05, 0) is 43.5 Å². The number of carbonyl (C=O) groups is 1. The number of aryl methyl sites for hydroxylation is 1. The lowest BCUT2D eigenvalue weighted by molar-refractivity contribution is -0.143. The number of halogens is 1. The first-order valence-electron chi connectivity index (χ1n) is 6.47. The van der Waals surface area contributed by atoms with E-state index in [2.05, 4.69) is 0 Å². The molecule has 0 saturated heterocycles. The molecule has 0 spiro atoms. The van der Waals surface area contributed by atoms with Crippen molar-refractivity contribution in [2.45, 2.75) is 25.7 Å². The maximum atomic E-state index is 13.0. The molecule has 1 atom stereocenters. The first kappa shape index (κ1) is 14.3. The van der Waals surface area contributed by atoms with Crippen molar-refractivity contribution in [2.75, 3.05) is 0 Å². The number of hydrogen-bond acceptors (Lipinski definition) is 1. The molecule has 0 aliphatic heterocycles. The Hall–Kier alpha value is -2.16. The van der Waals surface area contributed by atoms with Crippen molar-refractivity contribution in [3.63, 3.8) is 0 Å². The van der Waals surface area contributed by atoms with Crippen molar-refractivity contribution in [3.05, 3.63) is 71.0 Å². The summed E-state index contributed by atoms with van der Waals surface area (Å²) < 4.78 is 13.0. The fraction of sp³-hybridized carbons (Fsp3) is 0.235. The normalized spacial score (nSPS) is 13.8. The monoisotopic (exact) mass is 272 g/mol. The summed E-state index contributed by atoms with van der Waals surface area (Å²) in [6, 6.07) is 13.5. The second-order valence-corrected chi connectivity index (χ2v) is 5.31. The van der Waals surface area contributed by atoms with Crippen LogP contribution in [0.2, 0.25) is 0 Å². The first-order chi connectivity index (χ1) is 9.41. The first-order valence-corrected chi connectivity index (χ1v) is 6.47. The van der Waals surface area contributed by atoms with Crippen molar-refractivity contribution in [2.24, 2.45) is 0 Å². The molecule has 2 aromatic carbocycles. The van der Waals surface area contributed by atoms with Gasteiger partial charge in [0.2, 0.25) is 0 Å². The third kappa shape index (κ3) is 2.87. The molecule has 0 aliphatic carbocycles. The largest absolute Gasteiger partial charge is 0.481 e. The van der Waals surface area contributed by atoms with Gasteiger partial charge >= 0.3 is 5.97 Å². The molecule has 2 rings (SSSR count). The van der Waals surface area contributed by atoms with Gasteiger partial charge in [-0.1, -0.05) is 42.0 Å². The minimum atomic E-state index is -1.07. The number of aliphatic carboxylic acids is 1. The van der Waals surface area contributed by atoms with E-state index in [1.807, 2.05) is 31.2 Å². The number of hydrogen-bond donors (Lipinski definition) is 1. The number of rotatable bonds is 4. The van der Waals surface area contributed by atoms with Gasteiger partial charge in [-0.25, -0.2) is 4.39 Å². The van der Waals surface area contributed by atoms with Gasteiger partial charge in [0.15, 0.2) is 0 Å². The van der Waals surface area contributed by atoms with Gasteiger partial charge in [0.25, 0.3) is 0 Å². The van der Waals surface area contributed by atoms with Gasteiger partial charge in [0, 0.05) is 0 Å². The predicted octanol–water partition coefficient (Wildman–Crippen LogP) is 3.72.